The number of ether oxygens (including phenoxy) is 1. The molecule has 1 aromatic carbocycles. The van der Waals surface area contributed by atoms with Crippen LogP contribution in [-0.4, -0.2) is 65.7 Å². The van der Waals surface area contributed by atoms with E-state index in [1.54, 1.807) is 0 Å². The number of likely N-dealkylation sites (tertiary alicyclic amines) is 1. The third-order valence-electron chi connectivity index (χ3n) is 5.72. The molecule has 0 saturated carbocycles. The van der Waals surface area contributed by atoms with E-state index in [4.69, 9.17) is 14.1 Å². The molecule has 2 unspecified atom stereocenters. The monoisotopic (exact) mass is 397 g/mol. The quantitative estimate of drug-likeness (QED) is 0.617. The highest BCUT2D eigenvalue weighted by atomic mass is 16.5. The lowest BCUT2D eigenvalue weighted by Gasteiger charge is -2.36. The van der Waals surface area contributed by atoms with E-state index in [0.29, 0.717) is 18.5 Å². The van der Waals surface area contributed by atoms with Crippen LogP contribution in [0.25, 0.3) is 0 Å². The van der Waals surface area contributed by atoms with Gasteiger partial charge in [0.2, 0.25) is 5.89 Å². The number of hydrogen-bond acceptors (Lipinski definition) is 5. The van der Waals surface area contributed by atoms with Gasteiger partial charge in [-0.25, -0.2) is 9.98 Å². The zero-order chi connectivity index (χ0) is 20.2. The van der Waals surface area contributed by atoms with Crippen molar-refractivity contribution < 1.29 is 9.15 Å². The fourth-order valence-corrected chi connectivity index (χ4v) is 4.12. The Balaban J connectivity index is 1.45. The van der Waals surface area contributed by atoms with Gasteiger partial charge in [0.25, 0.3) is 0 Å². The lowest BCUT2D eigenvalue weighted by molar-refractivity contribution is -0.0502. The number of rotatable bonds is 5. The average Bonchev–Trinajstić information content (AvgIpc) is 3.30. The summed E-state index contributed by atoms with van der Waals surface area (Å²) < 4.78 is 11.8. The molecule has 1 aromatic heterocycles. The molecule has 7 heteroatoms. The van der Waals surface area contributed by atoms with Crippen LogP contribution in [0.1, 0.15) is 29.8 Å². The van der Waals surface area contributed by atoms with E-state index in [9.17, 15) is 0 Å². The van der Waals surface area contributed by atoms with Gasteiger partial charge in [-0.3, -0.25) is 4.90 Å². The first-order valence-electron chi connectivity index (χ1n) is 10.5. The highest BCUT2D eigenvalue weighted by Gasteiger charge is 2.41. The van der Waals surface area contributed by atoms with Crippen molar-refractivity contribution in [2.24, 2.45) is 4.99 Å². The third-order valence-corrected chi connectivity index (χ3v) is 5.72. The van der Waals surface area contributed by atoms with Gasteiger partial charge in [-0.1, -0.05) is 30.3 Å². The lowest BCUT2D eigenvalue weighted by atomic mass is 10.1. The minimum atomic E-state index is 0.211. The maximum absolute atomic E-state index is 6.11. The van der Waals surface area contributed by atoms with E-state index in [1.807, 2.05) is 13.8 Å². The second-order valence-corrected chi connectivity index (χ2v) is 7.76. The fraction of sp³-hybridized carbons (Fsp3) is 0.545. The van der Waals surface area contributed by atoms with Crippen molar-refractivity contribution in [2.45, 2.75) is 46.0 Å². The number of aliphatic imine (C=N–C) groups is 1. The molecule has 7 nitrogen and oxygen atoms in total. The molecule has 2 atom stereocenters. The van der Waals surface area contributed by atoms with E-state index in [-0.39, 0.29) is 6.10 Å². The molecule has 3 heterocycles. The zero-order valence-corrected chi connectivity index (χ0v) is 17.6. The third kappa shape index (κ3) is 4.62. The van der Waals surface area contributed by atoms with Crippen molar-refractivity contribution in [3.05, 3.63) is 53.2 Å². The van der Waals surface area contributed by atoms with Gasteiger partial charge in [0.1, 0.15) is 12.3 Å². The van der Waals surface area contributed by atoms with Crippen LogP contribution in [0.4, 0.5) is 0 Å². The maximum atomic E-state index is 6.11. The standard InChI is InChI=1S/C22H31N5O2/c1-4-23-22(24-12-21-25-16(2)17(3)29-21)27-14-19-20(15-27)28-11-10-26(19)13-18-8-6-5-7-9-18/h5-9,19-20H,4,10-15H2,1-3H3,(H,23,24). The second kappa shape index (κ2) is 8.97. The van der Waals surface area contributed by atoms with Crippen LogP contribution in [0.5, 0.6) is 0 Å². The first kappa shape index (κ1) is 19.9. The van der Waals surface area contributed by atoms with Crippen LogP contribution >= 0.6 is 0 Å². The Morgan fingerprint density at radius 1 is 1.24 bits per heavy atom. The molecule has 2 fully saturated rings. The molecule has 156 valence electrons. The average molecular weight is 398 g/mol. The minimum absolute atomic E-state index is 0.211. The summed E-state index contributed by atoms with van der Waals surface area (Å²) in [5, 5.41) is 3.42. The molecule has 1 N–H and O–H groups in total. The highest BCUT2D eigenvalue weighted by Crippen LogP contribution is 2.25. The number of aryl methyl sites for hydroxylation is 2. The van der Waals surface area contributed by atoms with Gasteiger partial charge in [-0.05, 0) is 26.3 Å². The first-order chi connectivity index (χ1) is 14.1. The molecule has 0 amide bonds. The summed E-state index contributed by atoms with van der Waals surface area (Å²) in [7, 11) is 0. The summed E-state index contributed by atoms with van der Waals surface area (Å²) >= 11 is 0. The Morgan fingerprint density at radius 2 is 2.07 bits per heavy atom. The minimum Gasteiger partial charge on any atom is -0.444 e. The van der Waals surface area contributed by atoms with E-state index >= 15 is 0 Å². The van der Waals surface area contributed by atoms with Gasteiger partial charge in [0.15, 0.2) is 5.96 Å². The Labute approximate surface area is 172 Å². The van der Waals surface area contributed by atoms with Crippen LogP contribution in [0.2, 0.25) is 0 Å². The molecule has 0 bridgehead atoms. The van der Waals surface area contributed by atoms with E-state index in [1.165, 1.54) is 5.56 Å². The van der Waals surface area contributed by atoms with Gasteiger partial charge in [0.05, 0.1) is 24.4 Å². The SMILES string of the molecule is CCNC(=NCc1nc(C)c(C)o1)N1CC2OCCN(Cc3ccccc3)C2C1. The second-order valence-electron chi connectivity index (χ2n) is 7.76. The maximum Gasteiger partial charge on any atom is 0.216 e. The molecular formula is C22H31N5O2. The van der Waals surface area contributed by atoms with Crippen molar-refractivity contribution in [1.82, 2.24) is 20.1 Å². The largest absolute Gasteiger partial charge is 0.444 e. The predicted molar refractivity (Wildman–Crippen MR) is 113 cm³/mol. The number of morpholine rings is 1. The molecule has 0 spiro atoms. The van der Waals surface area contributed by atoms with Gasteiger partial charge in [0, 0.05) is 32.7 Å². The molecule has 2 aliphatic rings. The van der Waals surface area contributed by atoms with Crippen molar-refractivity contribution in [3.63, 3.8) is 0 Å². The molecule has 4 rings (SSSR count). The van der Waals surface area contributed by atoms with Crippen LogP contribution in [0.3, 0.4) is 0 Å². The van der Waals surface area contributed by atoms with Gasteiger partial charge in [-0.15, -0.1) is 0 Å². The number of nitrogens with zero attached hydrogens (tertiary/aromatic N) is 4. The molecule has 0 aliphatic carbocycles. The van der Waals surface area contributed by atoms with E-state index in [2.05, 4.69) is 57.4 Å². The van der Waals surface area contributed by atoms with Gasteiger partial charge in [-0.2, -0.15) is 0 Å². The topological polar surface area (TPSA) is 66.1 Å². The molecule has 2 aliphatic heterocycles. The number of oxazole rings is 1. The van der Waals surface area contributed by atoms with Crippen LogP contribution < -0.4 is 5.32 Å². The van der Waals surface area contributed by atoms with Crippen molar-refractivity contribution >= 4 is 5.96 Å². The predicted octanol–water partition coefficient (Wildman–Crippen LogP) is 2.34. The van der Waals surface area contributed by atoms with Gasteiger partial charge < -0.3 is 19.4 Å². The van der Waals surface area contributed by atoms with E-state index < -0.39 is 0 Å². The van der Waals surface area contributed by atoms with Crippen molar-refractivity contribution in [2.75, 3.05) is 32.8 Å². The number of nitrogens with one attached hydrogen (secondary N) is 1. The molecule has 29 heavy (non-hydrogen) atoms. The summed E-state index contributed by atoms with van der Waals surface area (Å²) in [4.78, 5) is 14.1. The summed E-state index contributed by atoms with van der Waals surface area (Å²) in [6, 6.07) is 11.1. The van der Waals surface area contributed by atoms with Crippen molar-refractivity contribution in [3.8, 4) is 0 Å². The lowest BCUT2D eigenvalue weighted by Crippen LogP contribution is -2.50. The highest BCUT2D eigenvalue weighted by molar-refractivity contribution is 5.80. The Hall–Kier alpha value is -2.38. The number of guanidine groups is 1. The molecular weight excluding hydrogens is 366 g/mol. The smallest absolute Gasteiger partial charge is 0.216 e. The van der Waals surface area contributed by atoms with Gasteiger partial charge >= 0.3 is 0 Å². The molecule has 0 radical (unpaired) electrons. The first-order valence-corrected chi connectivity index (χ1v) is 10.5. The Kier molecular flexibility index (Phi) is 6.16. The van der Waals surface area contributed by atoms with Crippen LogP contribution in [0, 0.1) is 13.8 Å². The number of benzene rings is 1. The summed E-state index contributed by atoms with van der Waals surface area (Å²) in [6.07, 6.45) is 0.211. The summed E-state index contributed by atoms with van der Waals surface area (Å²) in [5.41, 5.74) is 2.28. The Morgan fingerprint density at radius 3 is 2.79 bits per heavy atom. The number of aromatic nitrogens is 1. The molecule has 2 aromatic rings. The van der Waals surface area contributed by atoms with Crippen LogP contribution in [-0.2, 0) is 17.8 Å². The molecule has 2 saturated heterocycles. The summed E-state index contributed by atoms with van der Waals surface area (Å²) in [5.74, 6) is 2.42. The zero-order valence-electron chi connectivity index (χ0n) is 17.6. The Bertz CT molecular complexity index is 815. The van der Waals surface area contributed by atoms with Crippen LogP contribution in [0.15, 0.2) is 39.7 Å². The number of hydrogen-bond donors (Lipinski definition) is 1. The fourth-order valence-electron chi connectivity index (χ4n) is 4.12. The number of fused-ring (bicyclic) bond motifs is 1. The van der Waals surface area contributed by atoms with E-state index in [0.717, 1.165) is 56.7 Å². The van der Waals surface area contributed by atoms with Crippen molar-refractivity contribution in [1.29, 1.82) is 0 Å². The summed E-state index contributed by atoms with van der Waals surface area (Å²) in [6.45, 7) is 11.7. The normalized spacial score (nSPS) is 22.7.